The van der Waals surface area contributed by atoms with Gasteiger partial charge in [0.1, 0.15) is 12.4 Å². The third-order valence-corrected chi connectivity index (χ3v) is 6.57. The maximum Gasteiger partial charge on any atom is 0.216 e. The van der Waals surface area contributed by atoms with Gasteiger partial charge >= 0.3 is 0 Å². The van der Waals surface area contributed by atoms with E-state index in [9.17, 15) is 0 Å². The monoisotopic (exact) mass is 610 g/mol. The van der Waals surface area contributed by atoms with Gasteiger partial charge in [0.2, 0.25) is 4.77 Å². The van der Waals surface area contributed by atoms with E-state index in [1.165, 1.54) is 0 Å². The second kappa shape index (κ2) is 10.3. The smallest absolute Gasteiger partial charge is 0.216 e. The van der Waals surface area contributed by atoms with Gasteiger partial charge in [-0.25, -0.2) is 5.10 Å². The quantitative estimate of drug-likeness (QED) is 0.178. The number of ether oxygens (including phenoxy) is 1. The van der Waals surface area contributed by atoms with Gasteiger partial charge in [0.05, 0.1) is 25.2 Å². The lowest BCUT2D eigenvalue weighted by atomic mass is 10.2. The normalized spacial score (nSPS) is 11.2. The number of rotatable bonds is 6. The van der Waals surface area contributed by atoms with E-state index in [1.807, 2.05) is 48.5 Å². The molecule has 3 aromatic carbocycles. The van der Waals surface area contributed by atoms with Crippen molar-refractivity contribution in [3.8, 4) is 17.1 Å². The molecule has 0 amide bonds. The summed E-state index contributed by atoms with van der Waals surface area (Å²) in [6.45, 7) is 0.339. The Bertz CT molecular complexity index is 1330. The predicted molar refractivity (Wildman–Crippen MR) is 138 cm³/mol. The molecule has 0 saturated heterocycles. The summed E-state index contributed by atoms with van der Waals surface area (Å²) in [5.74, 6) is 1.30. The van der Waals surface area contributed by atoms with Gasteiger partial charge in [0.15, 0.2) is 5.82 Å². The molecular formula is C22H14Br2Cl2N4OS. The van der Waals surface area contributed by atoms with Crippen molar-refractivity contribution in [1.29, 1.82) is 0 Å². The topological polar surface area (TPSA) is 55.2 Å². The Labute approximate surface area is 216 Å². The minimum Gasteiger partial charge on any atom is -0.487 e. The summed E-state index contributed by atoms with van der Waals surface area (Å²) in [6, 6.07) is 18.9. The number of aromatic nitrogens is 3. The highest BCUT2D eigenvalue weighted by atomic mass is 79.9. The molecule has 0 saturated carbocycles. The molecule has 0 spiro atoms. The molecule has 0 aliphatic heterocycles. The number of hydrogen-bond donors (Lipinski definition) is 1. The second-order valence-corrected chi connectivity index (χ2v) is 9.54. The molecule has 4 rings (SSSR count). The highest BCUT2D eigenvalue weighted by molar-refractivity contribution is 9.11. The fraction of sp³-hybridized carbons (Fsp3) is 0.0455. The van der Waals surface area contributed by atoms with Crippen LogP contribution in [-0.2, 0) is 6.61 Å². The van der Waals surface area contributed by atoms with Crippen molar-refractivity contribution in [1.82, 2.24) is 14.9 Å². The van der Waals surface area contributed by atoms with Gasteiger partial charge < -0.3 is 4.74 Å². The van der Waals surface area contributed by atoms with Crippen molar-refractivity contribution in [3.63, 3.8) is 0 Å². The molecule has 4 aromatic rings. The number of nitrogens with zero attached hydrogens (tertiary/aromatic N) is 3. The first kappa shape index (κ1) is 23.2. The number of halogens is 4. The summed E-state index contributed by atoms with van der Waals surface area (Å²) >= 11 is 24.5. The van der Waals surface area contributed by atoms with Crippen molar-refractivity contribution >= 4 is 73.5 Å². The van der Waals surface area contributed by atoms with Crippen molar-refractivity contribution in [2.45, 2.75) is 6.61 Å². The zero-order chi connectivity index (χ0) is 22.7. The van der Waals surface area contributed by atoms with Crippen LogP contribution in [0.3, 0.4) is 0 Å². The number of nitrogens with one attached hydrogen (secondary N) is 1. The Hall–Kier alpha value is -1.97. The Morgan fingerprint density at radius 3 is 2.44 bits per heavy atom. The third kappa shape index (κ3) is 5.32. The molecule has 0 unspecified atom stereocenters. The van der Waals surface area contributed by atoms with E-state index < -0.39 is 0 Å². The van der Waals surface area contributed by atoms with Crippen LogP contribution >= 0.6 is 67.3 Å². The maximum atomic E-state index is 6.08. The molecular weight excluding hydrogens is 599 g/mol. The summed E-state index contributed by atoms with van der Waals surface area (Å²) in [5, 5.41) is 12.6. The number of H-pyrrole nitrogens is 1. The van der Waals surface area contributed by atoms with Crippen LogP contribution in [0.1, 0.15) is 11.1 Å². The van der Waals surface area contributed by atoms with Crippen molar-refractivity contribution in [3.05, 3.63) is 95.6 Å². The lowest BCUT2D eigenvalue weighted by Crippen LogP contribution is -1.99. The van der Waals surface area contributed by atoms with E-state index in [0.717, 1.165) is 25.6 Å². The van der Waals surface area contributed by atoms with Gasteiger partial charge in [0, 0.05) is 5.56 Å². The molecule has 1 N–H and O–H groups in total. The summed E-state index contributed by atoms with van der Waals surface area (Å²) in [6.07, 6.45) is 1.70. The van der Waals surface area contributed by atoms with Crippen LogP contribution in [0.2, 0.25) is 10.0 Å². The lowest BCUT2D eigenvalue weighted by Gasteiger charge is -2.12. The van der Waals surface area contributed by atoms with Gasteiger partial charge in [-0.2, -0.15) is 14.9 Å². The van der Waals surface area contributed by atoms with E-state index in [0.29, 0.717) is 33.0 Å². The van der Waals surface area contributed by atoms with Crippen molar-refractivity contribution < 1.29 is 4.74 Å². The number of aromatic amines is 1. The van der Waals surface area contributed by atoms with Gasteiger partial charge in [0.25, 0.3) is 0 Å². The van der Waals surface area contributed by atoms with Gasteiger partial charge in [-0.15, -0.1) is 0 Å². The van der Waals surface area contributed by atoms with Crippen molar-refractivity contribution in [2.75, 3.05) is 0 Å². The Balaban J connectivity index is 1.55. The Morgan fingerprint density at radius 2 is 1.75 bits per heavy atom. The van der Waals surface area contributed by atoms with Gasteiger partial charge in [-0.05, 0) is 79.5 Å². The molecule has 0 aliphatic rings. The SMILES string of the molecule is S=c1[nH]nc(-c2ccccc2)n1/N=C\c1cc(Br)c(OCc2ccc(Cl)c(Cl)c2)c(Br)c1. The molecule has 1 aromatic heterocycles. The number of hydrogen-bond acceptors (Lipinski definition) is 4. The molecule has 1 heterocycles. The third-order valence-electron chi connectivity index (χ3n) is 4.39. The molecule has 10 heteroatoms. The first-order valence-corrected chi connectivity index (χ1v) is 12.0. The first-order chi connectivity index (χ1) is 15.4. The highest BCUT2D eigenvalue weighted by Gasteiger charge is 2.11. The predicted octanol–water partition coefficient (Wildman–Crippen LogP) is 7.90. The van der Waals surface area contributed by atoms with Crippen molar-refractivity contribution in [2.24, 2.45) is 5.10 Å². The van der Waals surface area contributed by atoms with E-state index in [4.69, 9.17) is 40.2 Å². The minimum absolute atomic E-state index is 0.339. The molecule has 0 bridgehead atoms. The van der Waals surface area contributed by atoms with Crippen LogP contribution in [0.5, 0.6) is 5.75 Å². The largest absolute Gasteiger partial charge is 0.487 e. The zero-order valence-corrected chi connectivity index (χ0v) is 21.7. The summed E-state index contributed by atoms with van der Waals surface area (Å²) in [5.41, 5.74) is 2.66. The molecule has 0 radical (unpaired) electrons. The summed E-state index contributed by atoms with van der Waals surface area (Å²) in [7, 11) is 0. The van der Waals surface area contributed by atoms with Gasteiger partial charge in [-0.3, -0.25) is 0 Å². The van der Waals surface area contributed by atoms with E-state index in [1.54, 1.807) is 23.0 Å². The Kier molecular flexibility index (Phi) is 7.48. The van der Waals surface area contributed by atoms with Crippen LogP contribution in [0.25, 0.3) is 11.4 Å². The molecule has 162 valence electrons. The van der Waals surface area contributed by atoms with Crippen LogP contribution in [0.4, 0.5) is 0 Å². The fourth-order valence-corrected chi connectivity index (χ4v) is 4.82. The maximum absolute atomic E-state index is 6.08. The van der Waals surface area contributed by atoms with Crippen LogP contribution in [-0.4, -0.2) is 21.1 Å². The van der Waals surface area contributed by atoms with Crippen LogP contribution in [0, 0.1) is 4.77 Å². The fourth-order valence-electron chi connectivity index (χ4n) is 2.87. The average Bonchev–Trinajstić information content (AvgIpc) is 3.15. The summed E-state index contributed by atoms with van der Waals surface area (Å²) < 4.78 is 9.50. The van der Waals surface area contributed by atoms with E-state index >= 15 is 0 Å². The van der Waals surface area contributed by atoms with Gasteiger partial charge in [-0.1, -0.05) is 59.6 Å². The first-order valence-electron chi connectivity index (χ1n) is 9.25. The average molecular weight is 613 g/mol. The minimum atomic E-state index is 0.339. The second-order valence-electron chi connectivity index (χ2n) is 6.63. The number of benzene rings is 3. The zero-order valence-electron chi connectivity index (χ0n) is 16.2. The standard InChI is InChI=1S/C22H14Br2Cl2N4OS/c23-16-8-14(9-17(24)20(16)31-12-13-6-7-18(25)19(26)10-13)11-27-30-21(28-29-22(30)32)15-4-2-1-3-5-15/h1-11H,12H2,(H,29,32)/b27-11-. The molecule has 5 nitrogen and oxygen atoms in total. The van der Waals surface area contributed by atoms with E-state index in [-0.39, 0.29) is 0 Å². The molecule has 0 atom stereocenters. The molecule has 32 heavy (non-hydrogen) atoms. The Morgan fingerprint density at radius 1 is 1.03 bits per heavy atom. The molecule has 0 aliphatic carbocycles. The van der Waals surface area contributed by atoms with E-state index in [2.05, 4.69) is 47.2 Å². The lowest BCUT2D eigenvalue weighted by molar-refractivity contribution is 0.302. The van der Waals surface area contributed by atoms with Crippen LogP contribution < -0.4 is 4.74 Å². The van der Waals surface area contributed by atoms with Crippen LogP contribution in [0.15, 0.2) is 74.7 Å². The summed E-state index contributed by atoms with van der Waals surface area (Å²) in [4.78, 5) is 0. The highest BCUT2D eigenvalue weighted by Crippen LogP contribution is 2.35. The molecule has 0 fully saturated rings.